The van der Waals surface area contributed by atoms with Crippen molar-refractivity contribution in [1.82, 2.24) is 0 Å². The standard InChI is InChI=1S/C19H22N2O/c1-11(2)13-5-7-16-15(9-13)19(22)21-17-8-6-14(12(3)4)10-18(17)20-16/h5-12,20H,1-4H3,(H,21,22). The van der Waals surface area contributed by atoms with Crippen LogP contribution >= 0.6 is 0 Å². The van der Waals surface area contributed by atoms with Crippen LogP contribution in [0.15, 0.2) is 36.4 Å². The van der Waals surface area contributed by atoms with E-state index in [1.165, 1.54) is 11.1 Å². The Bertz CT molecular complexity index is 732. The molecule has 1 aliphatic heterocycles. The fraction of sp³-hybridized carbons (Fsp3) is 0.316. The molecule has 0 aliphatic carbocycles. The molecule has 0 unspecified atom stereocenters. The second-order valence-electron chi connectivity index (χ2n) is 6.50. The summed E-state index contributed by atoms with van der Waals surface area (Å²) in [5.41, 5.74) is 5.77. The Morgan fingerprint density at radius 2 is 1.32 bits per heavy atom. The first kappa shape index (κ1) is 14.6. The van der Waals surface area contributed by atoms with Gasteiger partial charge in [-0.05, 0) is 47.2 Å². The molecule has 3 rings (SSSR count). The van der Waals surface area contributed by atoms with Crippen LogP contribution in [-0.2, 0) is 0 Å². The molecule has 3 nitrogen and oxygen atoms in total. The van der Waals surface area contributed by atoms with E-state index in [4.69, 9.17) is 0 Å². The number of carbonyl (C=O) groups excluding carboxylic acids is 1. The first-order valence-electron chi connectivity index (χ1n) is 7.82. The molecule has 0 fully saturated rings. The SMILES string of the molecule is CC(C)c1ccc2c(c1)Nc1ccc(C(C)C)cc1C(=O)N2. The predicted octanol–water partition coefficient (Wildman–Crippen LogP) is 5.24. The van der Waals surface area contributed by atoms with E-state index in [1.54, 1.807) is 0 Å². The molecule has 0 radical (unpaired) electrons. The lowest BCUT2D eigenvalue weighted by Gasteiger charge is -2.13. The molecule has 22 heavy (non-hydrogen) atoms. The van der Waals surface area contributed by atoms with Gasteiger partial charge in [-0.25, -0.2) is 0 Å². The zero-order valence-electron chi connectivity index (χ0n) is 13.5. The molecular weight excluding hydrogens is 272 g/mol. The van der Waals surface area contributed by atoms with Crippen LogP contribution in [0, 0.1) is 0 Å². The molecule has 1 heterocycles. The van der Waals surface area contributed by atoms with Crippen molar-refractivity contribution in [1.29, 1.82) is 0 Å². The van der Waals surface area contributed by atoms with E-state index >= 15 is 0 Å². The molecule has 0 bridgehead atoms. The third-order valence-electron chi connectivity index (χ3n) is 4.18. The van der Waals surface area contributed by atoms with E-state index in [9.17, 15) is 4.79 Å². The molecule has 0 atom stereocenters. The third kappa shape index (κ3) is 2.59. The average Bonchev–Trinajstić information content (AvgIpc) is 2.61. The fourth-order valence-electron chi connectivity index (χ4n) is 2.69. The Balaban J connectivity index is 2.07. The lowest BCUT2D eigenvalue weighted by atomic mass is 9.99. The van der Waals surface area contributed by atoms with Gasteiger partial charge in [-0.15, -0.1) is 0 Å². The van der Waals surface area contributed by atoms with Gasteiger partial charge < -0.3 is 10.6 Å². The van der Waals surface area contributed by atoms with Crippen LogP contribution in [0.2, 0.25) is 0 Å². The second-order valence-corrected chi connectivity index (χ2v) is 6.50. The number of rotatable bonds is 2. The maximum absolute atomic E-state index is 12.5. The number of fused-ring (bicyclic) bond motifs is 2. The van der Waals surface area contributed by atoms with Crippen molar-refractivity contribution in [3.8, 4) is 0 Å². The number of carbonyl (C=O) groups is 1. The van der Waals surface area contributed by atoms with Crippen molar-refractivity contribution in [2.75, 3.05) is 10.6 Å². The van der Waals surface area contributed by atoms with Crippen LogP contribution in [-0.4, -0.2) is 5.91 Å². The first-order valence-corrected chi connectivity index (χ1v) is 7.82. The van der Waals surface area contributed by atoms with Crippen LogP contribution in [0.1, 0.15) is 61.0 Å². The molecule has 3 heteroatoms. The smallest absolute Gasteiger partial charge is 0.257 e. The topological polar surface area (TPSA) is 41.1 Å². The minimum atomic E-state index is -0.0546. The molecule has 2 aromatic rings. The van der Waals surface area contributed by atoms with Gasteiger partial charge in [-0.2, -0.15) is 0 Å². The van der Waals surface area contributed by atoms with Crippen molar-refractivity contribution in [2.45, 2.75) is 39.5 Å². The number of benzene rings is 2. The lowest BCUT2D eigenvalue weighted by Crippen LogP contribution is -2.11. The van der Waals surface area contributed by atoms with Crippen LogP contribution in [0.25, 0.3) is 0 Å². The molecule has 0 spiro atoms. The van der Waals surface area contributed by atoms with E-state index in [0.717, 1.165) is 17.1 Å². The predicted molar refractivity (Wildman–Crippen MR) is 92.3 cm³/mol. The van der Waals surface area contributed by atoms with Gasteiger partial charge in [0.1, 0.15) is 0 Å². The van der Waals surface area contributed by atoms with E-state index in [0.29, 0.717) is 17.4 Å². The number of nitrogens with one attached hydrogen (secondary N) is 2. The Morgan fingerprint density at radius 1 is 0.727 bits per heavy atom. The van der Waals surface area contributed by atoms with Crippen molar-refractivity contribution >= 4 is 23.0 Å². The van der Waals surface area contributed by atoms with Gasteiger partial charge in [0.05, 0.1) is 22.6 Å². The van der Waals surface area contributed by atoms with Crippen LogP contribution < -0.4 is 10.6 Å². The molecule has 0 saturated carbocycles. The van der Waals surface area contributed by atoms with Crippen molar-refractivity contribution in [2.24, 2.45) is 0 Å². The summed E-state index contributed by atoms with van der Waals surface area (Å²) >= 11 is 0. The van der Waals surface area contributed by atoms with Gasteiger partial charge in [-0.1, -0.05) is 39.8 Å². The van der Waals surface area contributed by atoms with Gasteiger partial charge in [0, 0.05) is 0 Å². The number of anilines is 3. The third-order valence-corrected chi connectivity index (χ3v) is 4.18. The van der Waals surface area contributed by atoms with Crippen molar-refractivity contribution < 1.29 is 4.79 Å². The maximum Gasteiger partial charge on any atom is 0.257 e. The molecule has 1 amide bonds. The van der Waals surface area contributed by atoms with Gasteiger partial charge in [0.15, 0.2) is 0 Å². The molecule has 2 N–H and O–H groups in total. The molecule has 114 valence electrons. The molecular formula is C19H22N2O. The normalized spacial score (nSPS) is 13.3. The molecule has 1 aliphatic rings. The second kappa shape index (κ2) is 5.48. The quantitative estimate of drug-likeness (QED) is 0.795. The Kier molecular flexibility index (Phi) is 3.65. The summed E-state index contributed by atoms with van der Waals surface area (Å²) in [5.74, 6) is 0.797. The summed E-state index contributed by atoms with van der Waals surface area (Å²) in [6, 6.07) is 12.2. The first-order chi connectivity index (χ1) is 10.5. The molecule has 0 saturated heterocycles. The summed E-state index contributed by atoms with van der Waals surface area (Å²) in [6.07, 6.45) is 0. The van der Waals surface area contributed by atoms with E-state index in [2.05, 4.69) is 56.5 Å². The minimum absolute atomic E-state index is 0.0546. The summed E-state index contributed by atoms with van der Waals surface area (Å²) in [6.45, 7) is 8.60. The summed E-state index contributed by atoms with van der Waals surface area (Å²) < 4.78 is 0. The minimum Gasteiger partial charge on any atom is -0.353 e. The largest absolute Gasteiger partial charge is 0.353 e. The van der Waals surface area contributed by atoms with Crippen molar-refractivity contribution in [3.63, 3.8) is 0 Å². The highest BCUT2D eigenvalue weighted by Gasteiger charge is 2.20. The van der Waals surface area contributed by atoms with E-state index < -0.39 is 0 Å². The zero-order valence-corrected chi connectivity index (χ0v) is 13.5. The highest BCUT2D eigenvalue weighted by atomic mass is 16.1. The molecule has 2 aromatic carbocycles. The van der Waals surface area contributed by atoms with Gasteiger partial charge >= 0.3 is 0 Å². The summed E-state index contributed by atoms with van der Waals surface area (Å²) in [5, 5.41) is 6.42. The van der Waals surface area contributed by atoms with Crippen LogP contribution in [0.4, 0.5) is 17.1 Å². The number of hydrogen-bond donors (Lipinski definition) is 2. The fourth-order valence-corrected chi connectivity index (χ4v) is 2.69. The van der Waals surface area contributed by atoms with Gasteiger partial charge in [0.2, 0.25) is 0 Å². The zero-order chi connectivity index (χ0) is 15.9. The average molecular weight is 294 g/mol. The summed E-state index contributed by atoms with van der Waals surface area (Å²) in [7, 11) is 0. The Morgan fingerprint density at radius 3 is 1.95 bits per heavy atom. The van der Waals surface area contributed by atoms with Crippen LogP contribution in [0.3, 0.4) is 0 Å². The van der Waals surface area contributed by atoms with Crippen molar-refractivity contribution in [3.05, 3.63) is 53.1 Å². The lowest BCUT2D eigenvalue weighted by molar-refractivity contribution is 0.102. The van der Waals surface area contributed by atoms with E-state index in [-0.39, 0.29) is 5.91 Å². The van der Waals surface area contributed by atoms with Crippen LogP contribution in [0.5, 0.6) is 0 Å². The Labute approximate surface area is 131 Å². The summed E-state index contributed by atoms with van der Waals surface area (Å²) in [4.78, 5) is 12.5. The highest BCUT2D eigenvalue weighted by Crippen LogP contribution is 2.35. The van der Waals surface area contributed by atoms with E-state index in [1.807, 2.05) is 18.2 Å². The monoisotopic (exact) mass is 294 g/mol. The molecule has 0 aromatic heterocycles. The number of hydrogen-bond acceptors (Lipinski definition) is 2. The van der Waals surface area contributed by atoms with Gasteiger partial charge in [0.25, 0.3) is 5.91 Å². The Hall–Kier alpha value is -2.29. The van der Waals surface area contributed by atoms with Gasteiger partial charge in [-0.3, -0.25) is 4.79 Å². The maximum atomic E-state index is 12.5. The number of amides is 1. The highest BCUT2D eigenvalue weighted by molar-refractivity contribution is 6.12.